The summed E-state index contributed by atoms with van der Waals surface area (Å²) < 4.78 is 50.4. The molecule has 12 N–H and O–H groups in total. The van der Waals surface area contributed by atoms with Gasteiger partial charge >= 0.3 is 16.5 Å². The first kappa shape index (κ1) is 76.4. The van der Waals surface area contributed by atoms with E-state index in [1.807, 2.05) is 0 Å². The molecule has 0 atom stereocenters. The van der Waals surface area contributed by atoms with Crippen LogP contribution in [0.15, 0.2) is 0 Å². The molecule has 0 unspecified atom stereocenters. The summed E-state index contributed by atoms with van der Waals surface area (Å²) in [5, 5.41) is 0. The van der Waals surface area contributed by atoms with Gasteiger partial charge in [0.1, 0.15) is 0 Å². The van der Waals surface area contributed by atoms with E-state index in [4.69, 9.17) is 28.0 Å². The van der Waals surface area contributed by atoms with Gasteiger partial charge in [-0.1, -0.05) is 0 Å². The standard InChI is InChI=1S/2ClO3.Ni.6H2O/c2*2-1(3)4;;;;;;;/h;;;6*1H2/q2*-1;+2;;;;;;. The predicted molar refractivity (Wildman–Crippen MR) is 21.7 cm³/mol. The van der Waals surface area contributed by atoms with Crippen LogP contribution in [-0.4, -0.2) is 32.9 Å². The van der Waals surface area contributed by atoms with E-state index in [1.165, 1.54) is 0 Å². The summed E-state index contributed by atoms with van der Waals surface area (Å²) in [5.41, 5.74) is 0. The van der Waals surface area contributed by atoms with Gasteiger partial charge in [-0.3, -0.25) is 0 Å². The van der Waals surface area contributed by atoms with Crippen LogP contribution in [0.25, 0.3) is 0 Å². The molecule has 0 heterocycles. The fourth-order valence-electron chi connectivity index (χ4n) is 0. The minimum absolute atomic E-state index is 0. The summed E-state index contributed by atoms with van der Waals surface area (Å²) >= 11 is 0. The number of rotatable bonds is 0. The van der Waals surface area contributed by atoms with Gasteiger partial charge < -0.3 is 60.8 Å². The maximum absolute atomic E-state index is 8.41. The largest absolute Gasteiger partial charge is 2.00 e. The third-order valence-corrected chi connectivity index (χ3v) is 0. The van der Waals surface area contributed by atoms with Crippen molar-refractivity contribution in [1.82, 2.24) is 0 Å². The average molecular weight is 334 g/mol. The van der Waals surface area contributed by atoms with E-state index in [0.29, 0.717) is 0 Å². The zero-order valence-corrected chi connectivity index (χ0v) is 9.02. The molecule has 0 fully saturated rings. The molecule has 0 aromatic carbocycles. The van der Waals surface area contributed by atoms with Crippen LogP contribution in [0.5, 0.6) is 0 Å². The zero-order valence-electron chi connectivity index (χ0n) is 6.52. The molecule has 0 radical (unpaired) electrons. The van der Waals surface area contributed by atoms with E-state index >= 15 is 0 Å². The fraction of sp³-hybridized carbons (Fsp3) is 0. The van der Waals surface area contributed by atoms with Gasteiger partial charge in [0.2, 0.25) is 0 Å². The topological polar surface area (TPSA) is 327 Å². The summed E-state index contributed by atoms with van der Waals surface area (Å²) in [6.45, 7) is 0. The van der Waals surface area contributed by atoms with E-state index in [9.17, 15) is 0 Å². The van der Waals surface area contributed by atoms with E-state index in [2.05, 4.69) is 0 Å². The normalized spacial score (nSPS) is 4.80. The molecule has 0 aliphatic carbocycles. The summed E-state index contributed by atoms with van der Waals surface area (Å²) in [5.74, 6) is 0. The molecule has 0 aliphatic rings. The first-order chi connectivity index (χ1) is 3.46. The van der Waals surface area contributed by atoms with E-state index < -0.39 is 21.6 Å². The van der Waals surface area contributed by atoms with Crippen molar-refractivity contribution in [3.05, 3.63) is 0 Å². The van der Waals surface area contributed by atoms with Crippen molar-refractivity contribution in [2.45, 2.75) is 0 Å². The van der Waals surface area contributed by atoms with Crippen LogP contribution in [0.3, 0.4) is 0 Å². The van der Waals surface area contributed by atoms with Crippen molar-refractivity contribution in [2.75, 3.05) is 0 Å². The summed E-state index contributed by atoms with van der Waals surface area (Å²) in [7, 11) is -5.70. The third-order valence-electron chi connectivity index (χ3n) is 0. The van der Waals surface area contributed by atoms with E-state index in [1.54, 1.807) is 0 Å². The predicted octanol–water partition coefficient (Wildman–Crippen LogP) is -12.1. The molecule has 0 saturated heterocycles. The molecule has 0 rings (SSSR count). The van der Waals surface area contributed by atoms with Crippen molar-refractivity contribution in [1.29, 1.82) is 0 Å². The molecule has 15 heteroatoms. The minimum Gasteiger partial charge on any atom is -0.412 e. The van der Waals surface area contributed by atoms with Gasteiger partial charge in [-0.05, 0) is 0 Å². The molecular weight excluding hydrogens is 322 g/mol. The Bertz CT molecular complexity index is 29.1. The number of halogens is 2. The van der Waals surface area contributed by atoms with Crippen LogP contribution in [-0.2, 0) is 16.5 Å². The van der Waals surface area contributed by atoms with Crippen molar-refractivity contribution in [3.8, 4) is 0 Å². The maximum Gasteiger partial charge on any atom is 2.00 e. The van der Waals surface area contributed by atoms with Gasteiger partial charge in [-0.2, -0.15) is 0 Å². The molecule has 0 aromatic heterocycles. The van der Waals surface area contributed by atoms with Crippen LogP contribution < -0.4 is 28.0 Å². The zero-order chi connectivity index (χ0) is 7.15. The molecule has 0 saturated carbocycles. The van der Waals surface area contributed by atoms with Crippen molar-refractivity contribution < 1.29 is 98.9 Å². The van der Waals surface area contributed by atoms with Gasteiger partial charge in [0, 0.05) is 0 Å². The Hall–Kier alpha value is 0.594. The van der Waals surface area contributed by atoms with Crippen molar-refractivity contribution in [2.24, 2.45) is 0 Å². The summed E-state index contributed by atoms with van der Waals surface area (Å²) in [6, 6.07) is 0. The maximum atomic E-state index is 8.41. The summed E-state index contributed by atoms with van der Waals surface area (Å²) in [4.78, 5) is 0. The average Bonchev–Trinajstić information content (AvgIpc) is 1.25. The molecule has 0 spiro atoms. The van der Waals surface area contributed by atoms with Crippen LogP contribution in [0, 0.1) is 21.6 Å². The second-order valence-electron chi connectivity index (χ2n) is 0.378. The van der Waals surface area contributed by atoms with Crippen LogP contribution in [0.2, 0.25) is 0 Å². The molecule has 15 heavy (non-hydrogen) atoms. The van der Waals surface area contributed by atoms with Crippen molar-refractivity contribution in [3.63, 3.8) is 0 Å². The van der Waals surface area contributed by atoms with Gasteiger partial charge in [0.25, 0.3) is 0 Å². The Labute approximate surface area is 99.3 Å². The van der Waals surface area contributed by atoms with Crippen LogP contribution >= 0.6 is 0 Å². The molecule has 0 amide bonds. The van der Waals surface area contributed by atoms with Gasteiger partial charge in [0.05, 0.1) is 21.6 Å². The SMILES string of the molecule is O.O.O.O.O.O.[Ni+2].[O-][Cl+2]([O-])[O-].[O-][Cl+2]([O-])[O-]. The molecule has 108 valence electrons. The second-order valence-corrected chi connectivity index (χ2v) is 1.13. The minimum atomic E-state index is -2.85. The Morgan fingerprint density at radius 1 is 0.400 bits per heavy atom. The molecule has 0 bridgehead atoms. The monoisotopic (exact) mass is 332 g/mol. The third kappa shape index (κ3) is 6570. The fourth-order valence-corrected chi connectivity index (χ4v) is 0. The van der Waals surface area contributed by atoms with Gasteiger partial charge in [-0.15, -0.1) is 0 Å². The van der Waals surface area contributed by atoms with Crippen molar-refractivity contribution >= 4 is 0 Å². The Morgan fingerprint density at radius 2 is 0.400 bits per heavy atom. The van der Waals surface area contributed by atoms with E-state index in [0.717, 1.165) is 0 Å². The van der Waals surface area contributed by atoms with Gasteiger partial charge in [-0.25, -0.2) is 0 Å². The number of hydrogen-bond donors (Lipinski definition) is 0. The summed E-state index contributed by atoms with van der Waals surface area (Å²) in [6.07, 6.45) is 0. The quantitative estimate of drug-likeness (QED) is 0.386. The number of hydrogen-bond acceptors (Lipinski definition) is 6. The second kappa shape index (κ2) is 62.0. The molecule has 12 nitrogen and oxygen atoms in total. The molecule has 0 aromatic rings. The smallest absolute Gasteiger partial charge is 0.412 e. The van der Waals surface area contributed by atoms with Crippen LogP contribution in [0.4, 0.5) is 0 Å². The van der Waals surface area contributed by atoms with Crippen LogP contribution in [0.1, 0.15) is 0 Å². The van der Waals surface area contributed by atoms with E-state index in [-0.39, 0.29) is 49.3 Å². The first-order valence-electron chi connectivity index (χ1n) is 0.926. The Balaban J connectivity index is -0.00000000468. The van der Waals surface area contributed by atoms with Gasteiger partial charge in [0.15, 0.2) is 0 Å². The Kier molecular flexibility index (Phi) is 316. The molecule has 0 aliphatic heterocycles. The molecular formula is H12Cl2NiO12. The Morgan fingerprint density at radius 3 is 0.400 bits per heavy atom. The first-order valence-corrected chi connectivity index (χ1v) is 2.78.